The highest BCUT2D eigenvalue weighted by molar-refractivity contribution is 5.66. The Hall–Kier alpha value is -1.10. The molecule has 0 amide bonds. The number of rotatable bonds is 6. The number of carbonyl (C=O) groups excluding carboxylic acids is 2. The lowest BCUT2D eigenvalue weighted by atomic mass is 10.4. The van der Waals surface area contributed by atoms with Gasteiger partial charge in [-0.15, -0.1) is 0 Å². The summed E-state index contributed by atoms with van der Waals surface area (Å²) in [6.07, 6.45) is 2.05. The van der Waals surface area contributed by atoms with Crippen LogP contribution in [0, 0.1) is 0 Å². The van der Waals surface area contributed by atoms with Crippen molar-refractivity contribution in [2.24, 2.45) is 0 Å². The second-order valence-corrected chi connectivity index (χ2v) is 3.40. The Balaban J connectivity index is -0.000000209. The SMILES string of the molecule is CCCCOC(C)=O.CCOC(C)=O.CCOCC. The molecule has 0 aliphatic rings. The average molecular weight is 278 g/mol. The molecule has 5 heteroatoms. The van der Waals surface area contributed by atoms with E-state index in [4.69, 9.17) is 4.74 Å². The Labute approximate surface area is 117 Å². The first kappa shape index (κ1) is 23.0. The van der Waals surface area contributed by atoms with Crippen LogP contribution in [0.5, 0.6) is 0 Å². The van der Waals surface area contributed by atoms with Gasteiger partial charge in [-0.2, -0.15) is 0 Å². The molecule has 0 N–H and O–H groups in total. The molecule has 0 saturated carbocycles. The zero-order valence-corrected chi connectivity index (χ0v) is 13.3. The highest BCUT2D eigenvalue weighted by Gasteiger charge is 1.88. The third kappa shape index (κ3) is 47.4. The van der Waals surface area contributed by atoms with E-state index in [9.17, 15) is 9.59 Å². The summed E-state index contributed by atoms with van der Waals surface area (Å²) in [6, 6.07) is 0. The summed E-state index contributed by atoms with van der Waals surface area (Å²) in [5.41, 5.74) is 0. The van der Waals surface area contributed by atoms with Crippen molar-refractivity contribution in [3.8, 4) is 0 Å². The molecule has 0 radical (unpaired) electrons. The van der Waals surface area contributed by atoms with Crippen molar-refractivity contribution in [3.05, 3.63) is 0 Å². The maximum absolute atomic E-state index is 10.1. The highest BCUT2D eigenvalue weighted by Crippen LogP contribution is 1.86. The third-order valence-corrected chi connectivity index (χ3v) is 1.56. The van der Waals surface area contributed by atoms with Gasteiger partial charge in [0.1, 0.15) is 0 Å². The second-order valence-electron chi connectivity index (χ2n) is 3.40. The van der Waals surface area contributed by atoms with E-state index in [0.717, 1.165) is 26.1 Å². The van der Waals surface area contributed by atoms with Crippen molar-refractivity contribution in [2.75, 3.05) is 26.4 Å². The lowest BCUT2D eigenvalue weighted by Crippen LogP contribution is -1.99. The van der Waals surface area contributed by atoms with Gasteiger partial charge >= 0.3 is 11.9 Å². The van der Waals surface area contributed by atoms with Crippen molar-refractivity contribution in [2.45, 2.75) is 54.4 Å². The number of carbonyl (C=O) groups is 2. The van der Waals surface area contributed by atoms with Gasteiger partial charge in [-0.25, -0.2) is 0 Å². The van der Waals surface area contributed by atoms with Crippen LogP contribution in [0.15, 0.2) is 0 Å². The van der Waals surface area contributed by atoms with Crippen LogP contribution in [0.4, 0.5) is 0 Å². The first-order chi connectivity index (χ1) is 8.95. The van der Waals surface area contributed by atoms with Gasteiger partial charge in [0.15, 0.2) is 0 Å². The Morgan fingerprint density at radius 1 is 0.789 bits per heavy atom. The second kappa shape index (κ2) is 22.1. The fourth-order valence-electron chi connectivity index (χ4n) is 0.768. The number of hydrogen-bond acceptors (Lipinski definition) is 5. The Morgan fingerprint density at radius 2 is 1.26 bits per heavy atom. The summed E-state index contributed by atoms with van der Waals surface area (Å²) in [4.78, 5) is 19.9. The van der Waals surface area contributed by atoms with E-state index in [1.807, 2.05) is 13.8 Å². The maximum Gasteiger partial charge on any atom is 0.302 e. The van der Waals surface area contributed by atoms with Crippen LogP contribution in [-0.4, -0.2) is 38.4 Å². The minimum atomic E-state index is -0.211. The van der Waals surface area contributed by atoms with Gasteiger partial charge in [0.2, 0.25) is 0 Å². The fraction of sp³-hybridized carbons (Fsp3) is 0.857. The molecule has 0 heterocycles. The largest absolute Gasteiger partial charge is 0.466 e. The van der Waals surface area contributed by atoms with Crippen LogP contribution in [-0.2, 0) is 23.8 Å². The van der Waals surface area contributed by atoms with E-state index >= 15 is 0 Å². The summed E-state index contributed by atoms with van der Waals surface area (Å²) < 4.78 is 13.9. The van der Waals surface area contributed by atoms with E-state index in [1.54, 1.807) is 6.92 Å². The molecule has 0 aromatic heterocycles. The zero-order chi connectivity index (χ0) is 15.5. The van der Waals surface area contributed by atoms with E-state index in [-0.39, 0.29) is 11.9 Å². The van der Waals surface area contributed by atoms with Gasteiger partial charge in [0, 0.05) is 27.1 Å². The summed E-state index contributed by atoms with van der Waals surface area (Å²) in [5, 5.41) is 0. The molecule has 19 heavy (non-hydrogen) atoms. The van der Waals surface area contributed by atoms with E-state index in [2.05, 4.69) is 16.4 Å². The van der Waals surface area contributed by atoms with Crippen LogP contribution in [0.25, 0.3) is 0 Å². The van der Waals surface area contributed by atoms with Crippen molar-refractivity contribution >= 4 is 11.9 Å². The quantitative estimate of drug-likeness (QED) is 0.552. The Kier molecular flexibility index (Phi) is 26.8. The molecule has 0 atom stereocenters. The normalized spacial score (nSPS) is 8.32. The lowest BCUT2D eigenvalue weighted by Gasteiger charge is -1.96. The van der Waals surface area contributed by atoms with Crippen LogP contribution in [0.3, 0.4) is 0 Å². The van der Waals surface area contributed by atoms with Gasteiger partial charge in [-0.3, -0.25) is 9.59 Å². The molecular weight excluding hydrogens is 248 g/mol. The summed E-state index contributed by atoms with van der Waals surface area (Å²) in [7, 11) is 0. The highest BCUT2D eigenvalue weighted by atomic mass is 16.5. The molecular formula is C14H30O5. The molecule has 0 aromatic carbocycles. The fourth-order valence-corrected chi connectivity index (χ4v) is 0.768. The van der Waals surface area contributed by atoms with Crippen LogP contribution in [0.2, 0.25) is 0 Å². The Morgan fingerprint density at radius 3 is 1.42 bits per heavy atom. The lowest BCUT2D eigenvalue weighted by molar-refractivity contribution is -0.141. The van der Waals surface area contributed by atoms with E-state index in [0.29, 0.717) is 13.2 Å². The van der Waals surface area contributed by atoms with Gasteiger partial charge in [0.05, 0.1) is 13.2 Å². The average Bonchev–Trinajstić information content (AvgIpc) is 2.31. The van der Waals surface area contributed by atoms with Crippen molar-refractivity contribution < 1.29 is 23.8 Å². The third-order valence-electron chi connectivity index (χ3n) is 1.56. The van der Waals surface area contributed by atoms with E-state index < -0.39 is 0 Å². The van der Waals surface area contributed by atoms with Crippen LogP contribution in [0.1, 0.15) is 54.4 Å². The first-order valence-electron chi connectivity index (χ1n) is 6.80. The minimum absolute atomic E-state index is 0.182. The minimum Gasteiger partial charge on any atom is -0.466 e. The predicted octanol–water partition coefficient (Wildman–Crippen LogP) is 2.96. The predicted molar refractivity (Wildman–Crippen MR) is 76.0 cm³/mol. The monoisotopic (exact) mass is 278 g/mol. The maximum atomic E-state index is 10.1. The van der Waals surface area contributed by atoms with Gasteiger partial charge in [-0.05, 0) is 27.2 Å². The van der Waals surface area contributed by atoms with Gasteiger partial charge in [0.25, 0.3) is 0 Å². The van der Waals surface area contributed by atoms with Gasteiger partial charge in [-0.1, -0.05) is 13.3 Å². The van der Waals surface area contributed by atoms with Crippen molar-refractivity contribution in [1.82, 2.24) is 0 Å². The Bertz CT molecular complexity index is 190. The molecule has 0 aliphatic heterocycles. The molecule has 0 bridgehead atoms. The summed E-state index contributed by atoms with van der Waals surface area (Å²) in [6.45, 7) is 13.4. The van der Waals surface area contributed by atoms with Crippen molar-refractivity contribution in [3.63, 3.8) is 0 Å². The van der Waals surface area contributed by atoms with Gasteiger partial charge < -0.3 is 14.2 Å². The molecule has 0 aromatic rings. The van der Waals surface area contributed by atoms with Crippen LogP contribution < -0.4 is 0 Å². The van der Waals surface area contributed by atoms with Crippen molar-refractivity contribution in [1.29, 1.82) is 0 Å². The molecule has 116 valence electrons. The number of ether oxygens (including phenoxy) is 3. The smallest absolute Gasteiger partial charge is 0.302 e. The van der Waals surface area contributed by atoms with Crippen LogP contribution >= 0.6 is 0 Å². The number of hydrogen-bond donors (Lipinski definition) is 0. The molecule has 0 rings (SSSR count). The number of unbranched alkanes of at least 4 members (excludes halogenated alkanes) is 1. The molecule has 0 spiro atoms. The summed E-state index contributed by atoms with van der Waals surface area (Å²) >= 11 is 0. The summed E-state index contributed by atoms with van der Waals surface area (Å²) in [5.74, 6) is -0.393. The zero-order valence-electron chi connectivity index (χ0n) is 13.3. The van der Waals surface area contributed by atoms with E-state index in [1.165, 1.54) is 13.8 Å². The molecule has 0 aliphatic carbocycles. The standard InChI is InChI=1S/C6H12O2.C4H8O2.C4H10O/c1-3-4-5-8-6(2)7;1-3-6-4(2)5;1-3-5-4-2/h3-5H2,1-2H3;3H2,1-2H3;3-4H2,1-2H3. The first-order valence-corrected chi connectivity index (χ1v) is 6.80. The molecule has 0 saturated heterocycles. The topological polar surface area (TPSA) is 61.8 Å². The molecule has 5 nitrogen and oxygen atoms in total. The number of esters is 2. The molecule has 0 fully saturated rings. The molecule has 0 unspecified atom stereocenters.